The molecule has 0 aliphatic carbocycles. The third kappa shape index (κ3) is 36.0. The predicted octanol–water partition coefficient (Wildman–Crippen LogP) is 9.77. The summed E-state index contributed by atoms with van der Waals surface area (Å²) in [5, 5.41) is 120. The van der Waals surface area contributed by atoms with Crippen molar-refractivity contribution in [2.24, 2.45) is 0 Å². The first-order valence-corrected chi connectivity index (χ1v) is 35.4. The van der Waals surface area contributed by atoms with Gasteiger partial charge in [0.25, 0.3) is 0 Å². The molecule has 12 N–H and O–H groups in total. The van der Waals surface area contributed by atoms with Gasteiger partial charge >= 0.3 is 0 Å². The topological polar surface area (TPSA) is 307 Å². The molecule has 3 heterocycles. The van der Waals surface area contributed by atoms with Crippen LogP contribution in [0.4, 0.5) is 0 Å². The molecule has 19 heteroatoms. The van der Waals surface area contributed by atoms with Crippen molar-refractivity contribution in [3.63, 3.8) is 0 Å². The van der Waals surface area contributed by atoms with Gasteiger partial charge in [-0.3, -0.25) is 4.79 Å². The highest BCUT2D eigenvalue weighted by molar-refractivity contribution is 5.76. The Morgan fingerprint density at radius 1 is 0.394 bits per heavy atom. The lowest BCUT2D eigenvalue weighted by molar-refractivity contribution is -0.379. The number of unbranched alkanes of at least 4 members (excludes halogenated alkanes) is 16. The molecule has 19 nitrogen and oxygen atoms in total. The van der Waals surface area contributed by atoms with Crippen LogP contribution in [0.3, 0.4) is 0 Å². The summed E-state index contributed by atoms with van der Waals surface area (Å²) in [7, 11) is 0. The van der Waals surface area contributed by atoms with E-state index < -0.39 is 124 Å². The van der Waals surface area contributed by atoms with E-state index in [0.29, 0.717) is 12.8 Å². The number of hydrogen-bond acceptors (Lipinski definition) is 18. The average Bonchev–Trinajstić information content (AvgIpc) is 0.794. The normalized spacial score (nSPS) is 28.2. The lowest BCUT2D eigenvalue weighted by atomic mass is 9.96. The maximum Gasteiger partial charge on any atom is 0.220 e. The van der Waals surface area contributed by atoms with Crippen LogP contribution in [0.15, 0.2) is 134 Å². The first-order chi connectivity index (χ1) is 45.8. The van der Waals surface area contributed by atoms with Gasteiger partial charge in [-0.1, -0.05) is 225 Å². The molecular formula is C75H123NO18. The van der Waals surface area contributed by atoms with Gasteiger partial charge in [0.2, 0.25) is 5.91 Å². The highest BCUT2D eigenvalue weighted by atomic mass is 16.8. The molecule has 0 aromatic rings. The number of allylic oxidation sites excluding steroid dienone is 21. The number of hydrogen-bond donors (Lipinski definition) is 12. The van der Waals surface area contributed by atoms with E-state index in [1.165, 1.54) is 57.8 Å². The van der Waals surface area contributed by atoms with E-state index in [1.54, 1.807) is 6.08 Å². The van der Waals surface area contributed by atoms with E-state index >= 15 is 0 Å². The second-order valence-corrected chi connectivity index (χ2v) is 24.6. The number of aliphatic hydroxyl groups is 11. The fourth-order valence-corrected chi connectivity index (χ4v) is 10.9. The van der Waals surface area contributed by atoms with Gasteiger partial charge in [-0.2, -0.15) is 0 Å². The third-order valence-electron chi connectivity index (χ3n) is 16.7. The summed E-state index contributed by atoms with van der Waals surface area (Å²) in [5.41, 5.74) is 0. The Hall–Kier alpha value is -4.07. The molecule has 0 spiro atoms. The predicted molar refractivity (Wildman–Crippen MR) is 369 cm³/mol. The van der Waals surface area contributed by atoms with E-state index in [-0.39, 0.29) is 18.9 Å². The molecule has 0 radical (unpaired) electrons. The number of rotatable bonds is 52. The van der Waals surface area contributed by atoms with Crippen LogP contribution < -0.4 is 5.32 Å². The summed E-state index contributed by atoms with van der Waals surface area (Å²) in [6, 6.07) is -1.01. The second-order valence-electron chi connectivity index (χ2n) is 24.6. The van der Waals surface area contributed by atoms with Gasteiger partial charge in [-0.25, -0.2) is 0 Å². The van der Waals surface area contributed by atoms with Gasteiger partial charge in [-0.05, 0) is 103 Å². The lowest BCUT2D eigenvalue weighted by Gasteiger charge is -2.48. The molecule has 0 aromatic heterocycles. The Kier molecular flexibility index (Phi) is 49.1. The molecule has 17 atom stereocenters. The van der Waals surface area contributed by atoms with Crippen molar-refractivity contribution in [2.45, 2.75) is 304 Å². The third-order valence-corrected chi connectivity index (χ3v) is 16.7. The van der Waals surface area contributed by atoms with Crippen molar-refractivity contribution >= 4 is 5.91 Å². The first-order valence-electron chi connectivity index (χ1n) is 35.4. The molecule has 3 rings (SSSR count). The zero-order valence-corrected chi connectivity index (χ0v) is 56.6. The van der Waals surface area contributed by atoms with Gasteiger partial charge in [0.1, 0.15) is 73.2 Å². The fraction of sp³-hybridized carbons (Fsp3) is 0.693. The molecular weight excluding hydrogens is 1200 g/mol. The average molecular weight is 1330 g/mol. The molecule has 1 amide bonds. The van der Waals surface area contributed by atoms with Gasteiger partial charge < -0.3 is 89.9 Å². The first kappa shape index (κ1) is 84.2. The molecule has 3 fully saturated rings. The fourth-order valence-electron chi connectivity index (χ4n) is 10.9. The SMILES string of the molecule is CC/C=C\C/C=C\C/C=C\C/C=C\C/C=C\C/C=C\C/C=C\C/C=C\CCCCCCCCCCCCCCC(=O)NC(COC1OC(CO)C(OC2OC(CO)C(OC3OC(CO)C(O)C(O)C3O)C(O)C2O)C(O)C1O)C(O)/C=C/CC/C=C/CC/C=C/CCCC. The molecule has 17 unspecified atom stereocenters. The summed E-state index contributed by atoms with van der Waals surface area (Å²) in [6.07, 6.45) is 50.2. The number of aliphatic hydroxyl groups excluding tert-OH is 11. The van der Waals surface area contributed by atoms with Gasteiger partial charge in [0.15, 0.2) is 18.9 Å². The van der Waals surface area contributed by atoms with Crippen molar-refractivity contribution in [1.82, 2.24) is 5.32 Å². The summed E-state index contributed by atoms with van der Waals surface area (Å²) >= 11 is 0. The number of amides is 1. The van der Waals surface area contributed by atoms with Crippen molar-refractivity contribution in [3.05, 3.63) is 134 Å². The lowest BCUT2D eigenvalue weighted by Crippen LogP contribution is -2.66. The van der Waals surface area contributed by atoms with Crippen LogP contribution in [0, 0.1) is 0 Å². The van der Waals surface area contributed by atoms with Crippen molar-refractivity contribution in [2.75, 3.05) is 26.4 Å². The molecule has 0 aromatic carbocycles. The standard InChI is InChI=1S/C75H123NO18/c1-3-5-7-9-11-13-15-17-18-19-20-21-22-23-24-25-26-27-28-29-30-31-32-33-34-35-36-37-38-39-40-41-43-45-47-49-51-53-63(81)76-58(59(80)52-50-48-46-44-42-16-14-12-10-8-6-4-2)57-89-73-69(87)66(84)71(61(55-78)91-73)94-75-70(88)67(85)72(62(56-79)92-75)93-74-68(86)65(83)64(82)60(54-77)90-74/h5,7,10-13,17-18,20-21,23-24,26-27,29-30,32-33,42,44,50,52,58-62,64-75,77-80,82-88H,3-4,6,8-9,14-16,19,22,25,28,31,34-41,43,45-49,51,53-57H2,1-2H3,(H,76,81)/b7-5-,12-10+,13-11-,18-17-,21-20-,24-23-,27-26-,30-29-,33-32-,44-42+,52-50+. The molecule has 3 saturated heterocycles. The maximum atomic E-state index is 13.4. The second kappa shape index (κ2) is 54.9. The van der Waals surface area contributed by atoms with E-state index in [9.17, 15) is 61.0 Å². The van der Waals surface area contributed by atoms with E-state index in [1.807, 2.05) is 6.08 Å². The largest absolute Gasteiger partial charge is 0.394 e. The molecule has 3 aliphatic rings. The maximum absolute atomic E-state index is 13.4. The molecule has 0 saturated carbocycles. The zero-order chi connectivity index (χ0) is 68.2. The minimum Gasteiger partial charge on any atom is -0.394 e. The Bertz CT molecular complexity index is 2220. The molecule has 536 valence electrons. The monoisotopic (exact) mass is 1330 g/mol. The minimum absolute atomic E-state index is 0.221. The number of carbonyl (C=O) groups excluding carboxylic acids is 1. The van der Waals surface area contributed by atoms with Gasteiger partial charge in [0.05, 0.1) is 38.6 Å². The number of nitrogens with one attached hydrogen (secondary N) is 1. The van der Waals surface area contributed by atoms with Crippen LogP contribution in [0.2, 0.25) is 0 Å². The van der Waals surface area contributed by atoms with Crippen LogP contribution >= 0.6 is 0 Å². The number of ether oxygens (including phenoxy) is 6. The highest BCUT2D eigenvalue weighted by Crippen LogP contribution is 2.33. The number of carbonyl (C=O) groups is 1. The summed E-state index contributed by atoms with van der Waals surface area (Å²) in [4.78, 5) is 13.4. The summed E-state index contributed by atoms with van der Waals surface area (Å²) < 4.78 is 34.3. The Morgan fingerprint density at radius 3 is 1.19 bits per heavy atom. The van der Waals surface area contributed by atoms with Crippen LogP contribution in [-0.4, -0.2) is 193 Å². The quantitative estimate of drug-likeness (QED) is 0.0199. The van der Waals surface area contributed by atoms with Crippen LogP contribution in [0.5, 0.6) is 0 Å². The van der Waals surface area contributed by atoms with Gasteiger partial charge in [0, 0.05) is 6.42 Å². The van der Waals surface area contributed by atoms with Crippen molar-refractivity contribution in [3.8, 4) is 0 Å². The van der Waals surface area contributed by atoms with Crippen LogP contribution in [-0.2, 0) is 33.2 Å². The van der Waals surface area contributed by atoms with Crippen LogP contribution in [0.1, 0.15) is 200 Å². The molecule has 94 heavy (non-hydrogen) atoms. The van der Waals surface area contributed by atoms with Gasteiger partial charge in [-0.15, -0.1) is 0 Å². The van der Waals surface area contributed by atoms with Crippen molar-refractivity contribution < 1.29 is 89.4 Å². The smallest absolute Gasteiger partial charge is 0.220 e. The van der Waals surface area contributed by atoms with E-state index in [4.69, 9.17) is 28.4 Å². The Labute approximate surface area is 562 Å². The summed E-state index contributed by atoms with van der Waals surface area (Å²) in [5.74, 6) is -0.300. The molecule has 3 aliphatic heterocycles. The molecule has 0 bridgehead atoms. The summed E-state index contributed by atoms with van der Waals surface area (Å²) in [6.45, 7) is 1.50. The minimum atomic E-state index is -1.99. The highest BCUT2D eigenvalue weighted by Gasteiger charge is 2.53. The van der Waals surface area contributed by atoms with Crippen molar-refractivity contribution in [1.29, 1.82) is 0 Å². The Morgan fingerprint density at radius 2 is 0.745 bits per heavy atom. The zero-order valence-electron chi connectivity index (χ0n) is 56.6. The van der Waals surface area contributed by atoms with E-state index in [0.717, 1.165) is 109 Å². The van der Waals surface area contributed by atoms with Crippen LogP contribution in [0.25, 0.3) is 0 Å². The Balaban J connectivity index is 1.34. The van der Waals surface area contributed by atoms with E-state index in [2.05, 4.69) is 141 Å².